The van der Waals surface area contributed by atoms with E-state index in [0.717, 1.165) is 37.6 Å². The number of aromatic nitrogens is 1. The highest BCUT2D eigenvalue weighted by atomic mass is 79.9. The molecule has 1 fully saturated rings. The van der Waals surface area contributed by atoms with Gasteiger partial charge in [-0.15, -0.1) is 0 Å². The fourth-order valence-electron chi connectivity index (χ4n) is 2.64. The van der Waals surface area contributed by atoms with Gasteiger partial charge in [-0.25, -0.2) is 13.4 Å². The summed E-state index contributed by atoms with van der Waals surface area (Å²) >= 11 is 3.27. The Morgan fingerprint density at radius 1 is 1.41 bits per heavy atom. The molecule has 1 aromatic heterocycles. The van der Waals surface area contributed by atoms with Gasteiger partial charge in [-0.3, -0.25) is 4.79 Å². The zero-order valence-electron chi connectivity index (χ0n) is 12.5. The van der Waals surface area contributed by atoms with E-state index in [2.05, 4.69) is 26.2 Å². The van der Waals surface area contributed by atoms with Crippen molar-refractivity contribution < 1.29 is 13.2 Å². The molecule has 1 heterocycles. The van der Waals surface area contributed by atoms with Crippen molar-refractivity contribution in [1.29, 1.82) is 0 Å². The number of hydrogen-bond donors (Lipinski definition) is 1. The van der Waals surface area contributed by atoms with Crippen molar-refractivity contribution in [3.05, 3.63) is 28.5 Å². The number of pyridine rings is 1. The molecule has 1 amide bonds. The van der Waals surface area contributed by atoms with E-state index < -0.39 is 10.0 Å². The van der Waals surface area contributed by atoms with Gasteiger partial charge < -0.3 is 5.32 Å². The third-order valence-corrected chi connectivity index (χ3v) is 5.42. The molecule has 1 N–H and O–H groups in total. The highest BCUT2D eigenvalue weighted by molar-refractivity contribution is 9.10. The maximum Gasteiger partial charge on any atom is 0.235 e. The first-order valence-electron chi connectivity index (χ1n) is 7.21. The molecule has 2 rings (SSSR count). The van der Waals surface area contributed by atoms with Crippen LogP contribution in [0.1, 0.15) is 31.4 Å². The molecule has 0 spiro atoms. The van der Waals surface area contributed by atoms with Crippen LogP contribution in [0, 0.1) is 0 Å². The number of nitrogens with zero attached hydrogens (tertiary/aromatic N) is 2. The van der Waals surface area contributed by atoms with Crippen LogP contribution in [0.2, 0.25) is 0 Å². The molecule has 0 aliphatic heterocycles. The number of nitrogens with one attached hydrogen (secondary N) is 1. The van der Waals surface area contributed by atoms with Crippen LogP contribution in [-0.2, 0) is 21.4 Å². The number of halogens is 1. The summed E-state index contributed by atoms with van der Waals surface area (Å²) in [4.78, 5) is 16.3. The first kappa shape index (κ1) is 17.4. The molecule has 8 heteroatoms. The highest BCUT2D eigenvalue weighted by Gasteiger charge is 2.30. The van der Waals surface area contributed by atoms with Crippen molar-refractivity contribution in [3.8, 4) is 0 Å². The Labute approximate surface area is 139 Å². The number of hydrogen-bond acceptors (Lipinski definition) is 4. The van der Waals surface area contributed by atoms with Crippen molar-refractivity contribution in [1.82, 2.24) is 14.6 Å². The molecular weight excluding hydrogens is 370 g/mol. The summed E-state index contributed by atoms with van der Waals surface area (Å²) in [5.41, 5.74) is 0.717. The van der Waals surface area contributed by atoms with E-state index in [1.54, 1.807) is 12.1 Å². The second-order valence-corrected chi connectivity index (χ2v) is 8.22. The SMILES string of the molecule is CS(=O)(=O)N(CC(=O)NCc1cccc(Br)n1)C1CCCC1. The van der Waals surface area contributed by atoms with Crippen molar-refractivity contribution >= 4 is 31.9 Å². The Morgan fingerprint density at radius 3 is 2.68 bits per heavy atom. The van der Waals surface area contributed by atoms with Gasteiger partial charge in [0, 0.05) is 6.04 Å². The summed E-state index contributed by atoms with van der Waals surface area (Å²) in [7, 11) is -3.38. The Kier molecular flexibility index (Phi) is 5.94. The number of carbonyl (C=O) groups excluding carboxylic acids is 1. The minimum absolute atomic E-state index is 0.0512. The van der Waals surface area contributed by atoms with Gasteiger partial charge in [0.05, 0.1) is 25.0 Å². The summed E-state index contributed by atoms with van der Waals surface area (Å²) in [6.45, 7) is 0.151. The van der Waals surface area contributed by atoms with Crippen LogP contribution < -0.4 is 5.32 Å². The zero-order valence-corrected chi connectivity index (χ0v) is 14.9. The van der Waals surface area contributed by atoms with Crippen LogP contribution >= 0.6 is 15.9 Å². The van der Waals surface area contributed by atoms with Crippen LogP contribution in [0.3, 0.4) is 0 Å². The topological polar surface area (TPSA) is 79.4 Å². The van der Waals surface area contributed by atoms with E-state index in [9.17, 15) is 13.2 Å². The second kappa shape index (κ2) is 7.52. The number of amides is 1. The summed E-state index contributed by atoms with van der Waals surface area (Å²) < 4.78 is 25.8. The average molecular weight is 390 g/mol. The molecule has 1 aromatic rings. The third-order valence-electron chi connectivity index (χ3n) is 3.70. The fraction of sp³-hybridized carbons (Fsp3) is 0.571. The van der Waals surface area contributed by atoms with Crippen LogP contribution in [0.15, 0.2) is 22.8 Å². The maximum atomic E-state index is 12.1. The van der Waals surface area contributed by atoms with Crippen molar-refractivity contribution in [3.63, 3.8) is 0 Å². The molecule has 0 unspecified atom stereocenters. The normalized spacial score (nSPS) is 16.1. The van der Waals surface area contributed by atoms with Gasteiger partial charge in [0.1, 0.15) is 4.60 Å². The molecule has 1 aliphatic carbocycles. The zero-order chi connectivity index (χ0) is 16.2. The lowest BCUT2D eigenvalue weighted by Gasteiger charge is -2.25. The lowest BCUT2D eigenvalue weighted by atomic mass is 10.2. The fourth-order valence-corrected chi connectivity index (χ4v) is 4.13. The Balaban J connectivity index is 1.93. The van der Waals surface area contributed by atoms with Gasteiger partial charge in [0.25, 0.3) is 0 Å². The molecule has 0 saturated heterocycles. The molecule has 1 aliphatic rings. The van der Waals surface area contributed by atoms with Crippen LogP contribution in [-0.4, -0.2) is 42.5 Å². The second-order valence-electron chi connectivity index (χ2n) is 5.47. The maximum absolute atomic E-state index is 12.1. The standard InChI is InChI=1S/C14H20BrN3O3S/c1-22(20,21)18(12-6-2-3-7-12)10-14(19)16-9-11-5-4-8-13(15)17-11/h4-5,8,12H,2-3,6-7,9-10H2,1H3,(H,16,19). The lowest BCUT2D eigenvalue weighted by molar-refractivity contribution is -0.121. The van der Waals surface area contributed by atoms with Gasteiger partial charge in [-0.2, -0.15) is 4.31 Å². The van der Waals surface area contributed by atoms with Gasteiger partial charge >= 0.3 is 0 Å². The van der Waals surface area contributed by atoms with Gasteiger partial charge in [-0.1, -0.05) is 18.9 Å². The molecular formula is C14H20BrN3O3S. The highest BCUT2D eigenvalue weighted by Crippen LogP contribution is 2.25. The third kappa shape index (κ3) is 5.03. The van der Waals surface area contributed by atoms with Crippen LogP contribution in [0.5, 0.6) is 0 Å². The van der Waals surface area contributed by atoms with E-state index in [0.29, 0.717) is 4.60 Å². The smallest absolute Gasteiger partial charge is 0.235 e. The minimum Gasteiger partial charge on any atom is -0.349 e. The number of sulfonamides is 1. The van der Waals surface area contributed by atoms with Gasteiger partial charge in [-0.05, 0) is 40.9 Å². The number of carbonyl (C=O) groups is 1. The Hall–Kier alpha value is -0.990. The average Bonchev–Trinajstić information content (AvgIpc) is 2.95. The monoisotopic (exact) mass is 389 g/mol. The van der Waals surface area contributed by atoms with Crippen LogP contribution in [0.25, 0.3) is 0 Å². The Bertz CT molecular complexity index is 630. The molecule has 0 bridgehead atoms. The van der Waals surface area contributed by atoms with E-state index in [1.165, 1.54) is 4.31 Å². The van der Waals surface area contributed by atoms with Crippen molar-refractivity contribution in [2.24, 2.45) is 0 Å². The van der Waals surface area contributed by atoms with Crippen molar-refractivity contribution in [2.75, 3.05) is 12.8 Å². The molecule has 1 saturated carbocycles. The first-order chi connectivity index (χ1) is 10.4. The summed E-state index contributed by atoms with van der Waals surface area (Å²) in [6, 6.07) is 5.39. The van der Waals surface area contributed by atoms with E-state index in [-0.39, 0.29) is 25.0 Å². The summed E-state index contributed by atoms with van der Waals surface area (Å²) in [6.07, 6.45) is 4.84. The van der Waals surface area contributed by atoms with E-state index in [4.69, 9.17) is 0 Å². The minimum atomic E-state index is -3.38. The van der Waals surface area contributed by atoms with Crippen LogP contribution in [0.4, 0.5) is 0 Å². The molecule has 22 heavy (non-hydrogen) atoms. The lowest BCUT2D eigenvalue weighted by Crippen LogP contribution is -2.44. The Morgan fingerprint density at radius 2 is 2.09 bits per heavy atom. The first-order valence-corrected chi connectivity index (χ1v) is 9.85. The van der Waals surface area contributed by atoms with Gasteiger partial charge in [0.2, 0.25) is 15.9 Å². The predicted molar refractivity (Wildman–Crippen MR) is 87.6 cm³/mol. The van der Waals surface area contributed by atoms with Gasteiger partial charge in [0.15, 0.2) is 0 Å². The number of rotatable bonds is 6. The summed E-state index contributed by atoms with van der Waals surface area (Å²) in [5.74, 6) is -0.306. The summed E-state index contributed by atoms with van der Waals surface area (Å²) in [5, 5.41) is 2.72. The predicted octanol–water partition coefficient (Wildman–Crippen LogP) is 1.66. The van der Waals surface area contributed by atoms with Crippen molar-refractivity contribution in [2.45, 2.75) is 38.3 Å². The molecule has 122 valence electrons. The molecule has 0 radical (unpaired) electrons. The molecule has 0 atom stereocenters. The molecule has 6 nitrogen and oxygen atoms in total. The molecule has 0 aromatic carbocycles. The quantitative estimate of drug-likeness (QED) is 0.750. The van der Waals surface area contributed by atoms with E-state index in [1.807, 2.05) is 6.07 Å². The largest absolute Gasteiger partial charge is 0.349 e. The van der Waals surface area contributed by atoms with E-state index >= 15 is 0 Å².